The Morgan fingerprint density at radius 3 is 1.19 bits per heavy atom. The van der Waals surface area contributed by atoms with Gasteiger partial charge in [0.25, 0.3) is 0 Å². The largest absolute Gasteiger partial charge is 0.345 e. The lowest BCUT2D eigenvalue weighted by atomic mass is 10.1. The van der Waals surface area contributed by atoms with Crippen molar-refractivity contribution in [2.24, 2.45) is 0 Å². The maximum atomic E-state index is 2.22. The number of nitrogens with zero attached hydrogens (tertiary/aromatic N) is 2. The zero-order chi connectivity index (χ0) is 22.2. The maximum absolute atomic E-state index is 2.22. The first-order valence-corrected chi connectivity index (χ1v) is 10.8. The van der Waals surface area contributed by atoms with Crippen LogP contribution in [0.25, 0.3) is 10.8 Å². The predicted molar refractivity (Wildman–Crippen MR) is 139 cm³/mol. The van der Waals surface area contributed by atoms with E-state index in [1.54, 1.807) is 0 Å². The molecule has 0 aliphatic heterocycles. The van der Waals surface area contributed by atoms with Gasteiger partial charge in [-0.25, -0.2) is 0 Å². The molecule has 0 aliphatic carbocycles. The minimum absolute atomic E-state index is 1.20. The van der Waals surface area contributed by atoms with Gasteiger partial charge in [0, 0.05) is 36.8 Å². The standard InChI is InChI=1S/C17H15N.C13H13N/c1-18(16-9-3-2-4-10-16)17-12-11-14-7-5-6-8-15(14)13-17;1-14(12-8-4-2-5-9-12)13-10-6-3-7-11-13/h2-13H,1H3;2-11H,1H3. The molecule has 0 radical (unpaired) electrons. The highest BCUT2D eigenvalue weighted by molar-refractivity contribution is 5.86. The Hall–Kier alpha value is -4.04. The molecule has 0 spiro atoms. The summed E-state index contributed by atoms with van der Waals surface area (Å²) in [6, 6.07) is 46.1. The molecule has 2 heteroatoms. The summed E-state index contributed by atoms with van der Waals surface area (Å²) in [5, 5.41) is 2.56. The van der Waals surface area contributed by atoms with Crippen molar-refractivity contribution < 1.29 is 0 Å². The van der Waals surface area contributed by atoms with E-state index in [1.807, 2.05) is 18.2 Å². The summed E-state index contributed by atoms with van der Waals surface area (Å²) in [5.41, 5.74) is 4.82. The van der Waals surface area contributed by atoms with Gasteiger partial charge < -0.3 is 9.80 Å². The highest BCUT2D eigenvalue weighted by Gasteiger charge is 2.04. The monoisotopic (exact) mass is 416 g/mol. The van der Waals surface area contributed by atoms with Gasteiger partial charge in [-0.1, -0.05) is 84.9 Å². The van der Waals surface area contributed by atoms with Crippen molar-refractivity contribution in [1.29, 1.82) is 0 Å². The first kappa shape index (κ1) is 21.2. The lowest BCUT2D eigenvalue weighted by Crippen LogP contribution is -2.08. The predicted octanol–water partition coefficient (Wildman–Crippen LogP) is 8.06. The normalized spacial score (nSPS) is 10.2. The van der Waals surface area contributed by atoms with Gasteiger partial charge in [-0.3, -0.25) is 0 Å². The Morgan fingerprint density at radius 1 is 0.344 bits per heavy atom. The van der Waals surface area contributed by atoms with Crippen molar-refractivity contribution >= 4 is 33.5 Å². The van der Waals surface area contributed by atoms with Gasteiger partial charge in [0.2, 0.25) is 0 Å². The fourth-order valence-corrected chi connectivity index (χ4v) is 3.64. The first-order valence-electron chi connectivity index (χ1n) is 10.8. The average molecular weight is 417 g/mol. The number of anilines is 4. The van der Waals surface area contributed by atoms with Gasteiger partial charge in [0.05, 0.1) is 0 Å². The average Bonchev–Trinajstić information content (AvgIpc) is 2.89. The van der Waals surface area contributed by atoms with Gasteiger partial charge in [0.15, 0.2) is 0 Å². The van der Waals surface area contributed by atoms with Crippen LogP contribution in [0.3, 0.4) is 0 Å². The molecule has 0 atom stereocenters. The van der Waals surface area contributed by atoms with Crippen LogP contribution < -0.4 is 9.80 Å². The van der Waals surface area contributed by atoms with Gasteiger partial charge in [0.1, 0.15) is 0 Å². The molecule has 0 bridgehead atoms. The summed E-state index contributed by atoms with van der Waals surface area (Å²) in [7, 11) is 4.17. The number of hydrogen-bond donors (Lipinski definition) is 0. The molecule has 5 rings (SSSR count). The van der Waals surface area contributed by atoms with Crippen LogP contribution in [-0.2, 0) is 0 Å². The molecule has 0 heterocycles. The first-order chi connectivity index (χ1) is 15.7. The molecule has 0 amide bonds. The number of rotatable bonds is 4. The number of para-hydroxylation sites is 3. The van der Waals surface area contributed by atoms with Gasteiger partial charge >= 0.3 is 0 Å². The Balaban J connectivity index is 0.000000158. The van der Waals surface area contributed by atoms with Gasteiger partial charge in [-0.2, -0.15) is 0 Å². The summed E-state index contributed by atoms with van der Waals surface area (Å²) in [6.07, 6.45) is 0. The molecule has 32 heavy (non-hydrogen) atoms. The third kappa shape index (κ3) is 5.16. The van der Waals surface area contributed by atoms with Gasteiger partial charge in [-0.05, 0) is 59.3 Å². The van der Waals surface area contributed by atoms with Crippen molar-refractivity contribution in [2.75, 3.05) is 23.9 Å². The van der Waals surface area contributed by atoms with Crippen LogP contribution in [0.5, 0.6) is 0 Å². The van der Waals surface area contributed by atoms with Crippen molar-refractivity contribution in [3.05, 3.63) is 133 Å². The number of fused-ring (bicyclic) bond motifs is 1. The van der Waals surface area contributed by atoms with Crippen molar-refractivity contribution in [2.45, 2.75) is 0 Å². The van der Waals surface area contributed by atoms with E-state index in [4.69, 9.17) is 0 Å². The van der Waals surface area contributed by atoms with Crippen LogP contribution in [0.15, 0.2) is 133 Å². The maximum Gasteiger partial charge on any atom is 0.0414 e. The van der Waals surface area contributed by atoms with Crippen LogP contribution in [0, 0.1) is 0 Å². The highest BCUT2D eigenvalue weighted by atomic mass is 15.1. The second kappa shape index (κ2) is 10.3. The van der Waals surface area contributed by atoms with Crippen LogP contribution in [0.4, 0.5) is 22.7 Å². The Morgan fingerprint density at radius 2 is 0.719 bits per heavy atom. The van der Waals surface area contributed by atoms with Crippen LogP contribution in [0.1, 0.15) is 0 Å². The SMILES string of the molecule is CN(c1ccccc1)c1ccc2ccccc2c1.CN(c1ccccc1)c1ccccc1. The summed E-state index contributed by atoms with van der Waals surface area (Å²) in [5.74, 6) is 0. The van der Waals surface area contributed by atoms with E-state index in [-0.39, 0.29) is 0 Å². The summed E-state index contributed by atoms with van der Waals surface area (Å²) < 4.78 is 0. The molecule has 0 fully saturated rings. The molecule has 2 nitrogen and oxygen atoms in total. The summed E-state index contributed by atoms with van der Waals surface area (Å²) >= 11 is 0. The van der Waals surface area contributed by atoms with E-state index in [0.717, 1.165) is 0 Å². The lowest BCUT2D eigenvalue weighted by Gasteiger charge is -2.19. The molecule has 158 valence electrons. The fourth-order valence-electron chi connectivity index (χ4n) is 3.64. The molecule has 5 aromatic rings. The second-order valence-electron chi connectivity index (χ2n) is 7.66. The Kier molecular flexibility index (Phi) is 6.84. The van der Waals surface area contributed by atoms with E-state index in [9.17, 15) is 0 Å². The van der Waals surface area contributed by atoms with Crippen molar-refractivity contribution in [3.8, 4) is 0 Å². The van der Waals surface area contributed by atoms with Gasteiger partial charge in [-0.15, -0.1) is 0 Å². The van der Waals surface area contributed by atoms with Crippen molar-refractivity contribution in [1.82, 2.24) is 0 Å². The topological polar surface area (TPSA) is 6.48 Å². The van der Waals surface area contributed by atoms with Crippen LogP contribution in [0.2, 0.25) is 0 Å². The zero-order valence-electron chi connectivity index (χ0n) is 18.6. The van der Waals surface area contributed by atoms with Crippen molar-refractivity contribution in [3.63, 3.8) is 0 Å². The molecule has 0 saturated heterocycles. The van der Waals surface area contributed by atoms with E-state index in [0.29, 0.717) is 0 Å². The quantitative estimate of drug-likeness (QED) is 0.292. The molecule has 0 aliphatic rings. The molecular formula is C30H28N2. The lowest BCUT2D eigenvalue weighted by molar-refractivity contribution is 1.21. The van der Waals surface area contributed by atoms with E-state index in [1.165, 1.54) is 33.5 Å². The minimum Gasteiger partial charge on any atom is -0.345 e. The number of hydrogen-bond acceptors (Lipinski definition) is 2. The third-order valence-corrected chi connectivity index (χ3v) is 5.55. The van der Waals surface area contributed by atoms with Crippen LogP contribution in [-0.4, -0.2) is 14.1 Å². The molecular weight excluding hydrogens is 388 g/mol. The third-order valence-electron chi connectivity index (χ3n) is 5.55. The van der Waals surface area contributed by atoms with E-state index < -0.39 is 0 Å². The zero-order valence-corrected chi connectivity index (χ0v) is 18.6. The Labute approximate surface area is 191 Å². The molecule has 0 saturated carbocycles. The Bertz CT molecular complexity index is 1200. The minimum atomic E-state index is 1.20. The summed E-state index contributed by atoms with van der Waals surface area (Å²) in [6.45, 7) is 0. The fraction of sp³-hybridized carbons (Fsp3) is 0.0667. The number of benzene rings is 5. The second-order valence-corrected chi connectivity index (χ2v) is 7.66. The molecule has 0 aromatic heterocycles. The smallest absolute Gasteiger partial charge is 0.0414 e. The molecule has 0 unspecified atom stereocenters. The highest BCUT2D eigenvalue weighted by Crippen LogP contribution is 2.26. The molecule has 5 aromatic carbocycles. The summed E-state index contributed by atoms with van der Waals surface area (Å²) in [4.78, 5) is 4.37. The van der Waals surface area contributed by atoms with Crippen LogP contribution >= 0.6 is 0 Å². The molecule has 0 N–H and O–H groups in total. The van der Waals surface area contributed by atoms with E-state index in [2.05, 4.69) is 139 Å². The van der Waals surface area contributed by atoms with E-state index >= 15 is 0 Å².